The Kier molecular flexibility index (Phi) is 5.40. The molecule has 0 atom stereocenters. The standard InChI is InChI=1S/C40H24N2S/c1-2-11-25(12-3-1)38-33-19-8-9-20-35(33)41-40(42-38)28-14-10-13-26(23-28)27-21-22-36-34(24-27)37-31-17-6-4-15-29(31)30-16-5-7-18-32(30)39(37)43-36/h1-24H. The van der Waals surface area contributed by atoms with Gasteiger partial charge in [0.05, 0.1) is 11.2 Å². The van der Waals surface area contributed by atoms with Crippen LogP contribution in [0.5, 0.6) is 0 Å². The molecule has 0 aliphatic heterocycles. The summed E-state index contributed by atoms with van der Waals surface area (Å²) in [6.45, 7) is 0. The van der Waals surface area contributed by atoms with Crippen molar-refractivity contribution in [2.24, 2.45) is 0 Å². The minimum atomic E-state index is 0.735. The third kappa shape index (κ3) is 3.86. The van der Waals surface area contributed by atoms with Gasteiger partial charge >= 0.3 is 0 Å². The number of benzene rings is 7. The lowest BCUT2D eigenvalue weighted by Gasteiger charge is -2.11. The second-order valence-corrected chi connectivity index (χ2v) is 12.0. The van der Waals surface area contributed by atoms with Crippen molar-refractivity contribution in [3.05, 3.63) is 146 Å². The van der Waals surface area contributed by atoms with Crippen LogP contribution in [0.1, 0.15) is 0 Å². The van der Waals surface area contributed by atoms with E-state index in [4.69, 9.17) is 9.97 Å². The van der Waals surface area contributed by atoms with Gasteiger partial charge in [0, 0.05) is 42.1 Å². The maximum atomic E-state index is 5.11. The van der Waals surface area contributed by atoms with Crippen molar-refractivity contribution in [2.45, 2.75) is 0 Å². The lowest BCUT2D eigenvalue weighted by Crippen LogP contribution is -1.95. The summed E-state index contributed by atoms with van der Waals surface area (Å²) in [5.41, 5.74) is 6.34. The zero-order valence-electron chi connectivity index (χ0n) is 23.2. The second kappa shape index (κ2) is 9.59. The predicted octanol–water partition coefficient (Wildman–Crippen LogP) is 11.3. The van der Waals surface area contributed by atoms with E-state index in [9.17, 15) is 0 Å². The highest BCUT2D eigenvalue weighted by Crippen LogP contribution is 2.45. The van der Waals surface area contributed by atoms with E-state index in [1.54, 1.807) is 0 Å². The third-order valence-corrected chi connectivity index (χ3v) is 9.65. The van der Waals surface area contributed by atoms with Gasteiger partial charge in [0.25, 0.3) is 0 Å². The molecule has 3 heteroatoms. The Hall–Kier alpha value is -5.38. The van der Waals surface area contributed by atoms with Gasteiger partial charge in [-0.1, -0.05) is 121 Å². The molecule has 0 saturated carbocycles. The first-order valence-electron chi connectivity index (χ1n) is 14.5. The molecule has 7 aromatic carbocycles. The van der Waals surface area contributed by atoms with Gasteiger partial charge in [-0.25, -0.2) is 9.97 Å². The zero-order valence-corrected chi connectivity index (χ0v) is 24.0. The molecule has 0 amide bonds. The average Bonchev–Trinajstić information content (AvgIpc) is 3.48. The second-order valence-electron chi connectivity index (χ2n) is 11.0. The van der Waals surface area contributed by atoms with E-state index in [1.807, 2.05) is 23.5 Å². The van der Waals surface area contributed by atoms with E-state index in [-0.39, 0.29) is 0 Å². The fourth-order valence-electron chi connectivity index (χ4n) is 6.45. The average molecular weight is 565 g/mol. The molecule has 9 rings (SSSR count). The van der Waals surface area contributed by atoms with Crippen molar-refractivity contribution in [3.63, 3.8) is 0 Å². The van der Waals surface area contributed by atoms with Crippen molar-refractivity contribution in [1.82, 2.24) is 9.97 Å². The summed E-state index contributed by atoms with van der Waals surface area (Å²) in [6, 6.07) is 51.8. The van der Waals surface area contributed by atoms with E-state index in [0.29, 0.717) is 0 Å². The molecule has 2 aromatic heterocycles. The summed E-state index contributed by atoms with van der Waals surface area (Å²) in [4.78, 5) is 10.1. The highest BCUT2D eigenvalue weighted by atomic mass is 32.1. The lowest BCUT2D eigenvalue weighted by atomic mass is 9.95. The van der Waals surface area contributed by atoms with Crippen LogP contribution in [0.4, 0.5) is 0 Å². The summed E-state index contributed by atoms with van der Waals surface area (Å²) in [7, 11) is 0. The molecule has 0 radical (unpaired) electrons. The summed E-state index contributed by atoms with van der Waals surface area (Å²) in [6.07, 6.45) is 0. The van der Waals surface area contributed by atoms with E-state index in [1.165, 1.54) is 47.3 Å². The van der Waals surface area contributed by atoms with Crippen LogP contribution in [0, 0.1) is 0 Å². The molecule has 2 nitrogen and oxygen atoms in total. The SMILES string of the molecule is c1ccc(-c2nc(-c3cccc(-c4ccc5sc6c7ccccc7c7ccccc7c6c5c4)c3)nc3ccccc23)cc1. The monoisotopic (exact) mass is 564 g/mol. The molecule has 0 aliphatic rings. The number of para-hydroxylation sites is 1. The van der Waals surface area contributed by atoms with Gasteiger partial charge in [-0.2, -0.15) is 0 Å². The quantitative estimate of drug-likeness (QED) is 0.199. The van der Waals surface area contributed by atoms with Gasteiger partial charge in [0.1, 0.15) is 0 Å². The van der Waals surface area contributed by atoms with Crippen LogP contribution in [-0.2, 0) is 0 Å². The van der Waals surface area contributed by atoms with Crippen LogP contribution >= 0.6 is 11.3 Å². The number of aromatic nitrogens is 2. The summed E-state index contributed by atoms with van der Waals surface area (Å²) < 4.78 is 2.66. The Labute approximate surface area is 252 Å². The molecular weight excluding hydrogens is 541 g/mol. The molecule has 0 saturated heterocycles. The van der Waals surface area contributed by atoms with Crippen LogP contribution in [0.2, 0.25) is 0 Å². The van der Waals surface area contributed by atoms with Gasteiger partial charge in [0.15, 0.2) is 5.82 Å². The van der Waals surface area contributed by atoms with Gasteiger partial charge in [-0.3, -0.25) is 0 Å². The predicted molar refractivity (Wildman–Crippen MR) is 184 cm³/mol. The molecule has 43 heavy (non-hydrogen) atoms. The number of thiophene rings is 1. The van der Waals surface area contributed by atoms with Gasteiger partial charge in [0.2, 0.25) is 0 Å². The van der Waals surface area contributed by atoms with Gasteiger partial charge in [-0.15, -0.1) is 11.3 Å². The molecule has 0 N–H and O–H groups in total. The molecule has 9 aromatic rings. The Morgan fingerprint density at radius 3 is 1.86 bits per heavy atom. The Morgan fingerprint density at radius 1 is 0.395 bits per heavy atom. The molecule has 0 bridgehead atoms. The number of rotatable bonds is 3. The van der Waals surface area contributed by atoms with E-state index in [0.717, 1.165) is 39.1 Å². The molecular formula is C40H24N2S. The van der Waals surface area contributed by atoms with Crippen molar-refractivity contribution in [3.8, 4) is 33.8 Å². The normalized spacial score (nSPS) is 11.7. The van der Waals surface area contributed by atoms with Crippen molar-refractivity contribution in [2.75, 3.05) is 0 Å². The first kappa shape index (κ1) is 24.2. The van der Waals surface area contributed by atoms with Crippen LogP contribution < -0.4 is 0 Å². The maximum Gasteiger partial charge on any atom is 0.160 e. The molecule has 0 spiro atoms. The van der Waals surface area contributed by atoms with Crippen LogP contribution in [0.3, 0.4) is 0 Å². The first-order valence-corrected chi connectivity index (χ1v) is 15.3. The van der Waals surface area contributed by atoms with Crippen LogP contribution in [0.15, 0.2) is 146 Å². The van der Waals surface area contributed by atoms with Crippen molar-refractivity contribution >= 4 is 64.0 Å². The minimum absolute atomic E-state index is 0.735. The van der Waals surface area contributed by atoms with Crippen molar-refractivity contribution in [1.29, 1.82) is 0 Å². The largest absolute Gasteiger partial charge is 0.228 e. The van der Waals surface area contributed by atoms with Gasteiger partial charge < -0.3 is 0 Å². The number of hydrogen-bond acceptors (Lipinski definition) is 3. The van der Waals surface area contributed by atoms with E-state index in [2.05, 4.69) is 133 Å². The highest BCUT2D eigenvalue weighted by Gasteiger charge is 2.16. The lowest BCUT2D eigenvalue weighted by molar-refractivity contribution is 1.23. The fourth-order valence-corrected chi connectivity index (χ4v) is 7.68. The molecule has 0 unspecified atom stereocenters. The molecule has 0 aliphatic carbocycles. The van der Waals surface area contributed by atoms with Crippen LogP contribution in [0.25, 0.3) is 86.4 Å². The number of hydrogen-bond donors (Lipinski definition) is 0. The number of nitrogens with zero attached hydrogens (tertiary/aromatic N) is 2. The van der Waals surface area contributed by atoms with E-state index < -0.39 is 0 Å². The number of fused-ring (bicyclic) bond motifs is 9. The molecule has 200 valence electrons. The van der Waals surface area contributed by atoms with Crippen LogP contribution in [-0.4, -0.2) is 9.97 Å². The molecule has 2 heterocycles. The topological polar surface area (TPSA) is 25.8 Å². The summed E-state index contributed by atoms with van der Waals surface area (Å²) >= 11 is 1.89. The van der Waals surface area contributed by atoms with Crippen molar-refractivity contribution < 1.29 is 0 Å². The zero-order chi connectivity index (χ0) is 28.3. The highest BCUT2D eigenvalue weighted by molar-refractivity contribution is 7.27. The molecule has 0 fully saturated rings. The Morgan fingerprint density at radius 2 is 1.02 bits per heavy atom. The van der Waals surface area contributed by atoms with E-state index >= 15 is 0 Å². The minimum Gasteiger partial charge on any atom is -0.228 e. The Bertz CT molecular complexity index is 2510. The Balaban J connectivity index is 1.24. The fraction of sp³-hybridized carbons (Fsp3) is 0. The van der Waals surface area contributed by atoms with Gasteiger partial charge in [-0.05, 0) is 51.6 Å². The maximum absolute atomic E-state index is 5.11. The smallest absolute Gasteiger partial charge is 0.160 e. The third-order valence-electron chi connectivity index (χ3n) is 8.45. The summed E-state index contributed by atoms with van der Waals surface area (Å²) in [5.74, 6) is 0.735. The summed E-state index contributed by atoms with van der Waals surface area (Å²) in [5, 5.41) is 8.96. The first-order chi connectivity index (χ1) is 21.3.